The minimum atomic E-state index is -0.684. The molecule has 0 aliphatic rings. The summed E-state index contributed by atoms with van der Waals surface area (Å²) in [6, 6.07) is 3.63. The number of carbonyl (C=O) groups excluding carboxylic acids is 1. The molecule has 0 spiro atoms. The normalized spacial score (nSPS) is 9.64. The number of nitrogens with one attached hydrogen (secondary N) is 1. The predicted octanol–water partition coefficient (Wildman–Crippen LogP) is 1.15. The highest BCUT2D eigenvalue weighted by Gasteiger charge is 2.06. The van der Waals surface area contributed by atoms with E-state index in [1.807, 2.05) is 6.92 Å². The lowest BCUT2D eigenvalue weighted by molar-refractivity contribution is 0.248. The molecule has 0 bridgehead atoms. The zero-order chi connectivity index (χ0) is 10.7. The Kier molecular flexibility index (Phi) is 2.91. The van der Waals surface area contributed by atoms with E-state index in [0.29, 0.717) is 5.69 Å². The monoisotopic (exact) mass is 197 g/mol. The van der Waals surface area contributed by atoms with Crippen molar-refractivity contribution in [2.45, 2.75) is 6.92 Å². The number of rotatable bonds is 2. The number of carbonyl (C=O) groups is 1. The first-order chi connectivity index (χ1) is 6.50. The Morgan fingerprint density at radius 3 is 2.79 bits per heavy atom. The first-order valence-electron chi connectivity index (χ1n) is 4.06. The molecule has 3 N–H and O–H groups in total. The second-order valence-electron chi connectivity index (χ2n) is 2.97. The standard InChI is InChI=1S/C9H12FN3O/c1-6-3-4-7(10)5-8(6)13(2)12-9(11)14/h3-5H,1-2H3,(H3,11,12,14). The van der Waals surface area contributed by atoms with Gasteiger partial charge in [0.2, 0.25) is 0 Å². The lowest BCUT2D eigenvalue weighted by Gasteiger charge is -2.20. The topological polar surface area (TPSA) is 58.4 Å². The fourth-order valence-electron chi connectivity index (χ4n) is 1.17. The number of primary amides is 1. The van der Waals surface area contributed by atoms with Gasteiger partial charge in [-0.1, -0.05) is 6.07 Å². The maximum atomic E-state index is 12.9. The molecule has 0 fully saturated rings. The number of aryl methyl sites for hydroxylation is 1. The van der Waals surface area contributed by atoms with Gasteiger partial charge in [-0.15, -0.1) is 0 Å². The van der Waals surface area contributed by atoms with Crippen LogP contribution in [0.25, 0.3) is 0 Å². The molecule has 1 aromatic carbocycles. The molecular formula is C9H12FN3O. The molecule has 0 aromatic heterocycles. The minimum absolute atomic E-state index is 0.358. The van der Waals surface area contributed by atoms with Crippen LogP contribution in [0.5, 0.6) is 0 Å². The van der Waals surface area contributed by atoms with Crippen LogP contribution in [0.2, 0.25) is 0 Å². The van der Waals surface area contributed by atoms with Crippen LogP contribution >= 0.6 is 0 Å². The summed E-state index contributed by atoms with van der Waals surface area (Å²) in [5, 5.41) is 1.38. The lowest BCUT2D eigenvalue weighted by atomic mass is 10.2. The predicted molar refractivity (Wildman–Crippen MR) is 52.3 cm³/mol. The molecule has 14 heavy (non-hydrogen) atoms. The first-order valence-corrected chi connectivity index (χ1v) is 4.06. The SMILES string of the molecule is Cc1ccc(F)cc1N(C)NC(N)=O. The maximum absolute atomic E-state index is 12.9. The van der Waals surface area contributed by atoms with E-state index in [4.69, 9.17) is 5.73 Å². The van der Waals surface area contributed by atoms with Crippen molar-refractivity contribution < 1.29 is 9.18 Å². The molecule has 1 aromatic rings. The van der Waals surface area contributed by atoms with Crippen LogP contribution in [0.15, 0.2) is 18.2 Å². The van der Waals surface area contributed by atoms with Gasteiger partial charge in [-0.3, -0.25) is 5.01 Å². The molecule has 0 atom stereocenters. The Morgan fingerprint density at radius 1 is 1.57 bits per heavy atom. The van der Waals surface area contributed by atoms with Gasteiger partial charge in [0.15, 0.2) is 0 Å². The number of nitrogens with two attached hydrogens (primary N) is 1. The second kappa shape index (κ2) is 3.95. The van der Waals surface area contributed by atoms with Gasteiger partial charge in [0.25, 0.3) is 0 Å². The van der Waals surface area contributed by atoms with E-state index in [9.17, 15) is 9.18 Å². The Balaban J connectivity index is 2.93. The minimum Gasteiger partial charge on any atom is -0.350 e. The summed E-state index contributed by atoms with van der Waals surface area (Å²) in [5.74, 6) is -0.358. The van der Waals surface area contributed by atoms with Crippen molar-refractivity contribution in [3.8, 4) is 0 Å². The van der Waals surface area contributed by atoms with Crippen molar-refractivity contribution in [2.75, 3.05) is 12.1 Å². The van der Waals surface area contributed by atoms with Crippen LogP contribution in [-0.2, 0) is 0 Å². The molecule has 0 aliphatic carbocycles. The molecule has 0 radical (unpaired) electrons. The molecule has 5 heteroatoms. The highest BCUT2D eigenvalue weighted by molar-refractivity contribution is 5.74. The van der Waals surface area contributed by atoms with Gasteiger partial charge in [-0.05, 0) is 24.6 Å². The Bertz CT molecular complexity index is 354. The molecule has 76 valence electrons. The molecule has 1 rings (SSSR count). The van der Waals surface area contributed by atoms with Crippen molar-refractivity contribution in [1.29, 1.82) is 0 Å². The highest BCUT2D eigenvalue weighted by Crippen LogP contribution is 2.18. The quantitative estimate of drug-likeness (QED) is 0.699. The van der Waals surface area contributed by atoms with Crippen LogP contribution in [0, 0.1) is 12.7 Å². The molecular weight excluding hydrogens is 185 g/mol. The average molecular weight is 197 g/mol. The number of hydrogen-bond acceptors (Lipinski definition) is 2. The van der Waals surface area contributed by atoms with Gasteiger partial charge in [-0.25, -0.2) is 14.6 Å². The van der Waals surface area contributed by atoms with Crippen molar-refractivity contribution in [1.82, 2.24) is 5.43 Å². The summed E-state index contributed by atoms with van der Waals surface area (Å²) in [6.07, 6.45) is 0. The van der Waals surface area contributed by atoms with Gasteiger partial charge in [0.05, 0.1) is 5.69 Å². The molecule has 0 heterocycles. The van der Waals surface area contributed by atoms with Crippen molar-refractivity contribution in [3.63, 3.8) is 0 Å². The van der Waals surface area contributed by atoms with Crippen molar-refractivity contribution in [3.05, 3.63) is 29.6 Å². The van der Waals surface area contributed by atoms with E-state index in [-0.39, 0.29) is 5.82 Å². The second-order valence-corrected chi connectivity index (χ2v) is 2.97. The highest BCUT2D eigenvalue weighted by atomic mass is 19.1. The molecule has 2 amide bonds. The molecule has 0 unspecified atom stereocenters. The van der Waals surface area contributed by atoms with Crippen molar-refractivity contribution in [2.24, 2.45) is 5.73 Å². The van der Waals surface area contributed by atoms with Crippen LogP contribution < -0.4 is 16.2 Å². The fraction of sp³-hybridized carbons (Fsp3) is 0.222. The summed E-state index contributed by atoms with van der Waals surface area (Å²) >= 11 is 0. The smallest absolute Gasteiger partial charge is 0.330 e. The zero-order valence-electron chi connectivity index (χ0n) is 8.04. The maximum Gasteiger partial charge on any atom is 0.330 e. The van der Waals surface area contributed by atoms with Crippen LogP contribution in [0.1, 0.15) is 5.56 Å². The molecule has 0 aliphatic heterocycles. The molecule has 4 nitrogen and oxygen atoms in total. The Hall–Kier alpha value is -1.78. The molecule has 0 saturated carbocycles. The number of urea groups is 1. The number of amides is 2. The summed E-state index contributed by atoms with van der Waals surface area (Å²) in [6.45, 7) is 1.81. The number of hydrazine groups is 1. The third kappa shape index (κ3) is 2.35. The summed E-state index contributed by atoms with van der Waals surface area (Å²) in [4.78, 5) is 10.6. The summed E-state index contributed by atoms with van der Waals surface area (Å²) in [5.41, 5.74) is 8.69. The van der Waals surface area contributed by atoms with Crippen LogP contribution in [0.3, 0.4) is 0 Å². The average Bonchev–Trinajstić information content (AvgIpc) is 2.08. The van der Waals surface area contributed by atoms with E-state index in [0.717, 1.165) is 5.56 Å². The third-order valence-electron chi connectivity index (χ3n) is 1.81. The lowest BCUT2D eigenvalue weighted by Crippen LogP contribution is -2.43. The van der Waals surface area contributed by atoms with Crippen LogP contribution in [-0.4, -0.2) is 13.1 Å². The van der Waals surface area contributed by atoms with Gasteiger partial charge < -0.3 is 5.73 Å². The Labute approximate surface area is 81.5 Å². The largest absolute Gasteiger partial charge is 0.350 e. The zero-order valence-corrected chi connectivity index (χ0v) is 8.04. The fourth-order valence-corrected chi connectivity index (χ4v) is 1.17. The van der Waals surface area contributed by atoms with E-state index in [1.165, 1.54) is 17.1 Å². The van der Waals surface area contributed by atoms with Crippen LogP contribution in [0.4, 0.5) is 14.9 Å². The van der Waals surface area contributed by atoms with E-state index in [1.54, 1.807) is 13.1 Å². The van der Waals surface area contributed by atoms with Crippen molar-refractivity contribution >= 4 is 11.7 Å². The molecule has 0 saturated heterocycles. The van der Waals surface area contributed by atoms with E-state index in [2.05, 4.69) is 5.43 Å². The third-order valence-corrected chi connectivity index (χ3v) is 1.81. The number of nitrogens with zero attached hydrogens (tertiary/aromatic N) is 1. The van der Waals surface area contributed by atoms with Gasteiger partial charge in [0.1, 0.15) is 5.82 Å². The number of halogens is 1. The van der Waals surface area contributed by atoms with Gasteiger partial charge in [0, 0.05) is 7.05 Å². The Morgan fingerprint density at radius 2 is 2.21 bits per heavy atom. The number of benzene rings is 1. The number of anilines is 1. The first kappa shape index (κ1) is 10.3. The number of hydrogen-bond donors (Lipinski definition) is 2. The summed E-state index contributed by atoms with van der Waals surface area (Å²) in [7, 11) is 1.59. The summed E-state index contributed by atoms with van der Waals surface area (Å²) < 4.78 is 12.9. The van der Waals surface area contributed by atoms with Gasteiger partial charge >= 0.3 is 6.03 Å². The van der Waals surface area contributed by atoms with E-state index >= 15 is 0 Å². The van der Waals surface area contributed by atoms with E-state index < -0.39 is 6.03 Å². The van der Waals surface area contributed by atoms with Gasteiger partial charge in [-0.2, -0.15) is 0 Å².